The molecule has 4 amide bonds. The van der Waals surface area contributed by atoms with Crippen LogP contribution in [0.2, 0.25) is 0 Å². The van der Waals surface area contributed by atoms with Gasteiger partial charge in [-0.2, -0.15) is 10.2 Å². The molecule has 1 saturated heterocycles. The molecule has 1 fully saturated rings. The molecule has 0 unspecified atom stereocenters. The van der Waals surface area contributed by atoms with E-state index in [4.69, 9.17) is 0 Å². The number of carbonyl (C=O) groups is 3. The van der Waals surface area contributed by atoms with Crippen LogP contribution in [0.4, 0.5) is 4.79 Å². The van der Waals surface area contributed by atoms with Gasteiger partial charge in [0.25, 0.3) is 0 Å². The van der Waals surface area contributed by atoms with Gasteiger partial charge in [-0.1, -0.05) is 13.8 Å². The molecule has 1 aliphatic heterocycles. The molecule has 0 bridgehead atoms. The summed E-state index contributed by atoms with van der Waals surface area (Å²) in [4.78, 5) is 37.4. The highest BCUT2D eigenvalue weighted by molar-refractivity contribution is 6.19. The molecule has 2 rings (SSSR count). The fourth-order valence-corrected chi connectivity index (χ4v) is 2.33. The number of barbiturate groups is 1. The van der Waals surface area contributed by atoms with Crippen LogP contribution in [0, 0.1) is 5.41 Å². The third-order valence-corrected chi connectivity index (χ3v) is 3.71. The highest BCUT2D eigenvalue weighted by Crippen LogP contribution is 2.32. The van der Waals surface area contributed by atoms with Crippen LogP contribution >= 0.6 is 0 Å². The highest BCUT2D eigenvalue weighted by atomic mass is 16.2. The third kappa shape index (κ3) is 2.15. The van der Waals surface area contributed by atoms with Gasteiger partial charge in [-0.3, -0.25) is 19.8 Å². The number of hydrogen-bond donors (Lipinski definition) is 1. The standard InChI is InChI=1S/C13H16N4O3/c1-3-13(4-2)10(18)15-12(20)17(11(13)19)8-9-6-5-7-14-16-9/h5-7H,3-4,8H2,1-2H3,(H,15,18,20). The van der Waals surface area contributed by atoms with Crippen molar-refractivity contribution < 1.29 is 14.4 Å². The maximum atomic E-state index is 12.5. The van der Waals surface area contributed by atoms with Crippen LogP contribution in [0.15, 0.2) is 18.3 Å². The number of rotatable bonds is 4. The van der Waals surface area contributed by atoms with Crippen LogP contribution in [0.25, 0.3) is 0 Å². The minimum atomic E-state index is -1.17. The molecular formula is C13H16N4O3. The Morgan fingerprint density at radius 1 is 1.25 bits per heavy atom. The van der Waals surface area contributed by atoms with E-state index in [2.05, 4.69) is 15.5 Å². The van der Waals surface area contributed by atoms with Gasteiger partial charge in [0.05, 0.1) is 12.2 Å². The van der Waals surface area contributed by atoms with E-state index < -0.39 is 23.3 Å². The highest BCUT2D eigenvalue weighted by Gasteiger charge is 2.51. The summed E-state index contributed by atoms with van der Waals surface area (Å²) in [5, 5.41) is 9.81. The van der Waals surface area contributed by atoms with Crippen LogP contribution in [-0.2, 0) is 16.1 Å². The number of urea groups is 1. The molecule has 0 atom stereocenters. The van der Waals surface area contributed by atoms with Crippen molar-refractivity contribution in [3.05, 3.63) is 24.0 Å². The van der Waals surface area contributed by atoms with E-state index in [-0.39, 0.29) is 6.54 Å². The third-order valence-electron chi connectivity index (χ3n) is 3.71. The van der Waals surface area contributed by atoms with Crippen molar-refractivity contribution in [2.24, 2.45) is 5.41 Å². The van der Waals surface area contributed by atoms with Gasteiger partial charge in [-0.25, -0.2) is 4.79 Å². The van der Waals surface area contributed by atoms with E-state index in [0.29, 0.717) is 18.5 Å². The lowest BCUT2D eigenvalue weighted by atomic mass is 9.78. The van der Waals surface area contributed by atoms with Crippen molar-refractivity contribution in [1.29, 1.82) is 0 Å². The van der Waals surface area contributed by atoms with Crippen LogP contribution in [-0.4, -0.2) is 32.9 Å². The predicted molar refractivity (Wildman–Crippen MR) is 69.1 cm³/mol. The number of hydrogen-bond acceptors (Lipinski definition) is 5. The molecule has 0 spiro atoms. The van der Waals surface area contributed by atoms with E-state index in [1.807, 2.05) is 0 Å². The number of nitrogens with one attached hydrogen (secondary N) is 1. The van der Waals surface area contributed by atoms with Gasteiger partial charge in [0.1, 0.15) is 5.41 Å². The summed E-state index contributed by atoms with van der Waals surface area (Å²) in [6.45, 7) is 3.53. The van der Waals surface area contributed by atoms with E-state index in [1.165, 1.54) is 6.20 Å². The molecule has 0 aromatic carbocycles. The van der Waals surface area contributed by atoms with E-state index in [1.54, 1.807) is 26.0 Å². The van der Waals surface area contributed by atoms with Crippen molar-refractivity contribution in [3.8, 4) is 0 Å². The maximum absolute atomic E-state index is 12.5. The molecule has 106 valence electrons. The lowest BCUT2D eigenvalue weighted by Gasteiger charge is -2.37. The zero-order chi connectivity index (χ0) is 14.8. The largest absolute Gasteiger partial charge is 0.331 e. The molecule has 1 aromatic rings. The van der Waals surface area contributed by atoms with Gasteiger partial charge < -0.3 is 0 Å². The molecule has 7 heteroatoms. The first-order valence-corrected chi connectivity index (χ1v) is 6.49. The zero-order valence-electron chi connectivity index (χ0n) is 11.4. The average Bonchev–Trinajstić information content (AvgIpc) is 2.46. The second-order valence-electron chi connectivity index (χ2n) is 4.65. The lowest BCUT2D eigenvalue weighted by molar-refractivity contribution is -0.152. The Hall–Kier alpha value is -2.31. The average molecular weight is 276 g/mol. The van der Waals surface area contributed by atoms with Crippen molar-refractivity contribution in [2.45, 2.75) is 33.2 Å². The van der Waals surface area contributed by atoms with Crippen LogP contribution in [0.1, 0.15) is 32.4 Å². The number of aromatic nitrogens is 2. The van der Waals surface area contributed by atoms with Crippen LogP contribution < -0.4 is 5.32 Å². The van der Waals surface area contributed by atoms with Gasteiger partial charge in [-0.15, -0.1) is 0 Å². The minimum absolute atomic E-state index is 0.00748. The summed E-state index contributed by atoms with van der Waals surface area (Å²) >= 11 is 0. The fourth-order valence-electron chi connectivity index (χ4n) is 2.33. The topological polar surface area (TPSA) is 92.3 Å². The Bertz CT molecular complexity index is 540. The molecule has 2 heterocycles. The number of imide groups is 2. The second-order valence-corrected chi connectivity index (χ2v) is 4.65. The second kappa shape index (κ2) is 5.36. The van der Waals surface area contributed by atoms with Crippen molar-refractivity contribution in [2.75, 3.05) is 0 Å². The van der Waals surface area contributed by atoms with Crippen molar-refractivity contribution in [1.82, 2.24) is 20.4 Å². The molecule has 7 nitrogen and oxygen atoms in total. The summed E-state index contributed by atoms with van der Waals surface area (Å²) in [6.07, 6.45) is 2.20. The van der Waals surface area contributed by atoms with Gasteiger partial charge in [0.15, 0.2) is 0 Å². The van der Waals surface area contributed by atoms with Gasteiger partial charge in [-0.05, 0) is 25.0 Å². The number of amides is 4. The minimum Gasteiger partial charge on any atom is -0.277 e. The molecule has 0 saturated carbocycles. The Labute approximate surface area is 116 Å². The molecule has 1 N–H and O–H groups in total. The van der Waals surface area contributed by atoms with Gasteiger partial charge in [0.2, 0.25) is 11.8 Å². The van der Waals surface area contributed by atoms with Crippen molar-refractivity contribution in [3.63, 3.8) is 0 Å². The Kier molecular flexibility index (Phi) is 3.78. The number of nitrogens with zero attached hydrogens (tertiary/aromatic N) is 3. The zero-order valence-corrected chi connectivity index (χ0v) is 11.4. The first-order valence-electron chi connectivity index (χ1n) is 6.49. The predicted octanol–water partition coefficient (Wildman–Crippen LogP) is 0.861. The summed E-state index contributed by atoms with van der Waals surface area (Å²) in [5.41, 5.74) is -0.678. The summed E-state index contributed by atoms with van der Waals surface area (Å²) < 4.78 is 0. The summed E-state index contributed by atoms with van der Waals surface area (Å²) in [5.74, 6) is -0.991. The normalized spacial score (nSPS) is 18.1. The molecular weight excluding hydrogens is 260 g/mol. The maximum Gasteiger partial charge on any atom is 0.331 e. The molecule has 1 aliphatic rings. The van der Waals surface area contributed by atoms with Gasteiger partial charge >= 0.3 is 6.03 Å². The molecule has 0 aliphatic carbocycles. The monoisotopic (exact) mass is 276 g/mol. The number of carbonyl (C=O) groups excluding carboxylic acids is 3. The van der Waals surface area contributed by atoms with Gasteiger partial charge in [0, 0.05) is 6.20 Å². The van der Waals surface area contributed by atoms with Crippen molar-refractivity contribution >= 4 is 17.8 Å². The quantitative estimate of drug-likeness (QED) is 0.823. The first-order chi connectivity index (χ1) is 9.55. The smallest absolute Gasteiger partial charge is 0.277 e. The SMILES string of the molecule is CCC1(CC)C(=O)NC(=O)N(Cc2cccnn2)C1=O. The molecule has 1 aromatic heterocycles. The van der Waals surface area contributed by atoms with Crippen LogP contribution in [0.5, 0.6) is 0 Å². The van der Waals surface area contributed by atoms with E-state index in [0.717, 1.165) is 4.90 Å². The molecule has 0 radical (unpaired) electrons. The van der Waals surface area contributed by atoms with Crippen LogP contribution in [0.3, 0.4) is 0 Å². The van der Waals surface area contributed by atoms with E-state index in [9.17, 15) is 14.4 Å². The summed E-state index contributed by atoms with van der Waals surface area (Å²) in [7, 11) is 0. The Balaban J connectivity index is 2.31. The lowest BCUT2D eigenvalue weighted by Crippen LogP contribution is -2.63. The van der Waals surface area contributed by atoms with E-state index >= 15 is 0 Å². The Morgan fingerprint density at radius 2 is 1.95 bits per heavy atom. The Morgan fingerprint density at radius 3 is 2.50 bits per heavy atom. The fraction of sp³-hybridized carbons (Fsp3) is 0.462. The summed E-state index contributed by atoms with van der Waals surface area (Å²) in [6, 6.07) is 2.64. The molecule has 20 heavy (non-hydrogen) atoms. The first kappa shape index (κ1) is 14.1.